The van der Waals surface area contributed by atoms with Gasteiger partial charge in [-0.25, -0.2) is 0 Å². The first-order valence-corrected chi connectivity index (χ1v) is 8.80. The zero-order valence-corrected chi connectivity index (χ0v) is 15.0. The first kappa shape index (κ1) is 16.5. The fourth-order valence-corrected chi connectivity index (χ4v) is 3.40. The number of carbonyl (C=O) groups is 1. The third-order valence-corrected chi connectivity index (χ3v) is 4.65. The Morgan fingerprint density at radius 3 is 2.00 bits per heavy atom. The molecule has 0 aliphatic heterocycles. The van der Waals surface area contributed by atoms with Crippen LogP contribution in [0.2, 0.25) is 0 Å². The average molecular weight is 339 g/mol. The lowest BCUT2D eigenvalue weighted by molar-refractivity contribution is -0.121. The van der Waals surface area contributed by atoms with Crippen LogP contribution in [0, 0.1) is 0 Å². The maximum absolute atomic E-state index is 12.6. The van der Waals surface area contributed by atoms with Crippen LogP contribution in [0.5, 0.6) is 5.75 Å². The summed E-state index contributed by atoms with van der Waals surface area (Å²) in [6.07, 6.45) is 0. The summed E-state index contributed by atoms with van der Waals surface area (Å²) in [5.74, 6) is 0.767. The Morgan fingerprint density at radius 1 is 0.846 bits per heavy atom. The number of benzene rings is 3. The number of aromatic nitrogens is 1. The van der Waals surface area contributed by atoms with Crippen molar-refractivity contribution in [2.45, 2.75) is 6.54 Å². The molecule has 0 saturated heterocycles. The molecular weight excluding hydrogens is 320 g/mol. The molecular formula is C21H19B2NO2. The zero-order chi connectivity index (χ0) is 18.1. The van der Waals surface area contributed by atoms with Crippen molar-refractivity contribution >= 4 is 54.2 Å². The van der Waals surface area contributed by atoms with Gasteiger partial charge in [-0.2, -0.15) is 0 Å². The first-order valence-electron chi connectivity index (χ1n) is 8.80. The molecule has 1 heterocycles. The second-order valence-electron chi connectivity index (χ2n) is 6.77. The highest BCUT2D eigenvalue weighted by atomic mass is 16.5. The number of nitrogens with zero attached hydrogens (tertiary/aromatic N) is 1. The number of carbonyl (C=O) groups excluding carboxylic acids is 1. The van der Waals surface area contributed by atoms with E-state index in [1.165, 1.54) is 21.7 Å². The first-order chi connectivity index (χ1) is 12.6. The summed E-state index contributed by atoms with van der Waals surface area (Å²) in [5.41, 5.74) is 4.61. The molecule has 0 amide bonds. The van der Waals surface area contributed by atoms with Gasteiger partial charge in [-0.15, -0.1) is 0 Å². The van der Waals surface area contributed by atoms with Crippen LogP contribution in [0.15, 0.2) is 66.7 Å². The van der Waals surface area contributed by atoms with Crippen LogP contribution in [0.1, 0.15) is 0 Å². The van der Waals surface area contributed by atoms with Crippen molar-refractivity contribution in [3.05, 3.63) is 66.7 Å². The Bertz CT molecular complexity index is 1040. The van der Waals surface area contributed by atoms with E-state index in [2.05, 4.69) is 56.7 Å². The third kappa shape index (κ3) is 3.13. The van der Waals surface area contributed by atoms with Crippen molar-refractivity contribution in [3.63, 3.8) is 0 Å². The van der Waals surface area contributed by atoms with Gasteiger partial charge in [-0.1, -0.05) is 53.4 Å². The molecule has 0 radical (unpaired) electrons. The highest BCUT2D eigenvalue weighted by Gasteiger charge is 2.14. The molecule has 0 aliphatic carbocycles. The SMILES string of the molecule is Bc1ccc2c(c1)c1cc(B)ccc1n2CC(=O)COc1ccccc1. The van der Waals surface area contributed by atoms with E-state index in [9.17, 15) is 4.79 Å². The molecule has 26 heavy (non-hydrogen) atoms. The summed E-state index contributed by atoms with van der Waals surface area (Å²) >= 11 is 0. The van der Waals surface area contributed by atoms with E-state index >= 15 is 0 Å². The van der Waals surface area contributed by atoms with Gasteiger partial charge in [-0.3, -0.25) is 4.79 Å². The molecule has 0 unspecified atom stereocenters. The van der Waals surface area contributed by atoms with Crippen LogP contribution in [-0.4, -0.2) is 32.6 Å². The molecule has 4 aromatic rings. The van der Waals surface area contributed by atoms with Gasteiger partial charge in [0.15, 0.2) is 5.78 Å². The van der Waals surface area contributed by atoms with Gasteiger partial charge in [0.05, 0.1) is 6.54 Å². The Hall–Kier alpha value is -2.94. The van der Waals surface area contributed by atoms with E-state index in [0.717, 1.165) is 11.0 Å². The van der Waals surface area contributed by atoms with Crippen LogP contribution in [0.3, 0.4) is 0 Å². The van der Waals surface area contributed by atoms with Crippen molar-refractivity contribution in [2.24, 2.45) is 0 Å². The molecule has 0 aliphatic rings. The number of rotatable bonds is 5. The van der Waals surface area contributed by atoms with Crippen LogP contribution in [-0.2, 0) is 11.3 Å². The van der Waals surface area contributed by atoms with E-state index < -0.39 is 0 Å². The summed E-state index contributed by atoms with van der Waals surface area (Å²) in [5, 5.41) is 2.39. The topological polar surface area (TPSA) is 31.2 Å². The lowest BCUT2D eigenvalue weighted by Crippen LogP contribution is -2.18. The molecule has 0 spiro atoms. The quantitative estimate of drug-likeness (QED) is 0.507. The normalized spacial score (nSPS) is 11.1. The van der Waals surface area contributed by atoms with E-state index in [1.54, 1.807) is 0 Å². The van der Waals surface area contributed by atoms with Crippen molar-refractivity contribution in [3.8, 4) is 5.75 Å². The number of ketones is 1. The van der Waals surface area contributed by atoms with Crippen molar-refractivity contribution in [1.82, 2.24) is 4.57 Å². The number of Topliss-reactive ketones (excluding diaryl/α,β-unsaturated/α-hetero) is 1. The zero-order valence-electron chi connectivity index (χ0n) is 15.0. The van der Waals surface area contributed by atoms with E-state index in [4.69, 9.17) is 4.74 Å². The van der Waals surface area contributed by atoms with Gasteiger partial charge >= 0.3 is 0 Å². The van der Waals surface area contributed by atoms with E-state index in [-0.39, 0.29) is 12.4 Å². The van der Waals surface area contributed by atoms with Gasteiger partial charge in [0.25, 0.3) is 0 Å². The smallest absolute Gasteiger partial charge is 0.189 e. The third-order valence-electron chi connectivity index (χ3n) is 4.65. The van der Waals surface area contributed by atoms with Gasteiger partial charge in [0.1, 0.15) is 28.0 Å². The number of ether oxygens (including phenoxy) is 1. The predicted molar refractivity (Wildman–Crippen MR) is 113 cm³/mol. The lowest BCUT2D eigenvalue weighted by Gasteiger charge is -2.09. The summed E-state index contributed by atoms with van der Waals surface area (Å²) in [4.78, 5) is 12.6. The standard InChI is InChI=1S/C21H19B2NO2/c22-14-6-8-20-18(10-14)19-11-15(23)7-9-21(19)24(20)12-16(25)13-26-17-4-2-1-3-5-17/h1-11H,12-13,22-23H2. The van der Waals surface area contributed by atoms with E-state index in [0.29, 0.717) is 12.3 Å². The van der Waals surface area contributed by atoms with Gasteiger partial charge in [0.2, 0.25) is 0 Å². The maximum atomic E-state index is 12.6. The maximum Gasteiger partial charge on any atom is 0.189 e. The second kappa shape index (κ2) is 6.75. The molecule has 0 bridgehead atoms. The number of fused-ring (bicyclic) bond motifs is 3. The summed E-state index contributed by atoms with van der Waals surface area (Å²) in [7, 11) is 4.19. The molecule has 0 atom stereocenters. The summed E-state index contributed by atoms with van der Waals surface area (Å²) in [6.45, 7) is 0.377. The lowest BCUT2D eigenvalue weighted by atomic mass is 9.92. The van der Waals surface area contributed by atoms with Gasteiger partial charge < -0.3 is 9.30 Å². The number of hydrogen-bond acceptors (Lipinski definition) is 2. The molecule has 5 heteroatoms. The predicted octanol–water partition coefficient (Wildman–Crippen LogP) is 0.959. The molecule has 0 N–H and O–H groups in total. The largest absolute Gasteiger partial charge is 0.486 e. The van der Waals surface area contributed by atoms with Crippen LogP contribution < -0.4 is 15.7 Å². The van der Waals surface area contributed by atoms with Gasteiger partial charge in [0, 0.05) is 21.8 Å². The van der Waals surface area contributed by atoms with Crippen LogP contribution in [0.25, 0.3) is 21.8 Å². The molecule has 1 aromatic heterocycles. The second-order valence-corrected chi connectivity index (χ2v) is 6.77. The van der Waals surface area contributed by atoms with Crippen LogP contribution >= 0.6 is 0 Å². The van der Waals surface area contributed by atoms with Crippen molar-refractivity contribution in [2.75, 3.05) is 6.61 Å². The average Bonchev–Trinajstić information content (AvgIpc) is 2.93. The fraction of sp³-hybridized carbons (Fsp3) is 0.0952. The number of para-hydroxylation sites is 1. The minimum absolute atomic E-state index is 0.0498. The highest BCUT2D eigenvalue weighted by molar-refractivity contribution is 6.35. The Morgan fingerprint density at radius 2 is 1.42 bits per heavy atom. The summed E-state index contributed by atoms with van der Waals surface area (Å²) in [6, 6.07) is 22.2. The Labute approximate surface area is 154 Å². The Balaban J connectivity index is 1.67. The molecule has 4 rings (SSSR count). The molecule has 3 nitrogen and oxygen atoms in total. The molecule has 126 valence electrons. The molecule has 3 aromatic carbocycles. The van der Waals surface area contributed by atoms with Crippen molar-refractivity contribution in [1.29, 1.82) is 0 Å². The van der Waals surface area contributed by atoms with Crippen LogP contribution in [0.4, 0.5) is 0 Å². The monoisotopic (exact) mass is 339 g/mol. The minimum Gasteiger partial charge on any atom is -0.486 e. The Kier molecular flexibility index (Phi) is 4.29. The fourth-order valence-electron chi connectivity index (χ4n) is 3.40. The molecule has 0 fully saturated rings. The minimum atomic E-state index is 0.0498. The van der Waals surface area contributed by atoms with Crippen molar-refractivity contribution < 1.29 is 9.53 Å². The van der Waals surface area contributed by atoms with Gasteiger partial charge in [-0.05, 0) is 24.3 Å². The summed E-state index contributed by atoms with van der Waals surface area (Å²) < 4.78 is 7.71. The highest BCUT2D eigenvalue weighted by Crippen LogP contribution is 2.27. The molecule has 0 saturated carbocycles. The van der Waals surface area contributed by atoms with E-state index in [1.807, 2.05) is 30.3 Å². The number of hydrogen-bond donors (Lipinski definition) is 0.